The van der Waals surface area contributed by atoms with Crippen LogP contribution in [0.15, 0.2) is 42.6 Å². The molecule has 2 N–H and O–H groups in total. The predicted molar refractivity (Wildman–Crippen MR) is 98.3 cm³/mol. The number of nitrogens with one attached hydrogen (secondary N) is 2. The van der Waals surface area contributed by atoms with E-state index in [-0.39, 0.29) is 11.8 Å². The maximum absolute atomic E-state index is 12.5. The van der Waals surface area contributed by atoms with Crippen molar-refractivity contribution in [2.24, 2.45) is 0 Å². The van der Waals surface area contributed by atoms with Crippen molar-refractivity contribution in [2.75, 3.05) is 36.4 Å². The van der Waals surface area contributed by atoms with Crippen molar-refractivity contribution >= 4 is 17.5 Å². The summed E-state index contributed by atoms with van der Waals surface area (Å²) < 4.78 is 40.5. The predicted octanol–water partition coefficient (Wildman–Crippen LogP) is 3.02. The summed E-state index contributed by atoms with van der Waals surface area (Å²) in [6.07, 6.45) is -2.30. The van der Waals surface area contributed by atoms with Gasteiger partial charge in [-0.3, -0.25) is 4.90 Å². The highest BCUT2D eigenvalue weighted by Gasteiger charge is 2.31. The standard InChI is InChI=1S/C19H18F3N5O2/c20-19(21,22)29-16-6-4-15(5-7-16)25-18(28)27-10-2-9-26(11-12-27)17-14(13-23)3-1-8-24-17/h1,3-8H,2,9-12H2,(H,25,28)/p+1. The van der Waals surface area contributed by atoms with Gasteiger partial charge in [0.2, 0.25) is 0 Å². The zero-order valence-electron chi connectivity index (χ0n) is 15.4. The lowest BCUT2D eigenvalue weighted by Crippen LogP contribution is -2.39. The second-order valence-electron chi connectivity index (χ2n) is 6.37. The van der Waals surface area contributed by atoms with Crippen molar-refractivity contribution in [2.45, 2.75) is 12.8 Å². The fraction of sp³-hybridized carbons (Fsp3) is 0.316. The van der Waals surface area contributed by atoms with Gasteiger partial charge in [-0.15, -0.1) is 13.2 Å². The molecule has 1 aromatic carbocycles. The van der Waals surface area contributed by atoms with Crippen LogP contribution in [0.1, 0.15) is 12.0 Å². The van der Waals surface area contributed by atoms with Crippen LogP contribution in [0.2, 0.25) is 0 Å². The highest BCUT2D eigenvalue weighted by Crippen LogP contribution is 2.24. The van der Waals surface area contributed by atoms with Gasteiger partial charge in [-0.2, -0.15) is 5.26 Å². The van der Waals surface area contributed by atoms with E-state index in [1.807, 2.05) is 4.90 Å². The number of urea groups is 1. The van der Waals surface area contributed by atoms with Crippen molar-refractivity contribution in [3.05, 3.63) is 48.2 Å². The van der Waals surface area contributed by atoms with E-state index < -0.39 is 6.36 Å². The lowest BCUT2D eigenvalue weighted by atomic mass is 10.2. The van der Waals surface area contributed by atoms with Crippen LogP contribution in [0, 0.1) is 11.3 Å². The number of hydrogen-bond acceptors (Lipinski definition) is 4. The number of aromatic amines is 1. The topological polar surface area (TPSA) is 82.7 Å². The van der Waals surface area contributed by atoms with Crippen molar-refractivity contribution < 1.29 is 27.7 Å². The molecule has 1 saturated heterocycles. The number of benzene rings is 1. The number of nitriles is 1. The highest BCUT2D eigenvalue weighted by atomic mass is 19.4. The van der Waals surface area contributed by atoms with E-state index in [1.54, 1.807) is 23.2 Å². The highest BCUT2D eigenvalue weighted by molar-refractivity contribution is 5.89. The Balaban J connectivity index is 1.59. The number of H-pyrrole nitrogens is 1. The van der Waals surface area contributed by atoms with E-state index in [4.69, 9.17) is 0 Å². The summed E-state index contributed by atoms with van der Waals surface area (Å²) >= 11 is 0. The third-order valence-electron chi connectivity index (χ3n) is 4.39. The molecule has 1 fully saturated rings. The van der Waals surface area contributed by atoms with Crippen LogP contribution in [-0.2, 0) is 0 Å². The Morgan fingerprint density at radius 3 is 2.59 bits per heavy atom. The maximum atomic E-state index is 12.5. The summed E-state index contributed by atoms with van der Waals surface area (Å²) in [6, 6.07) is 10.3. The van der Waals surface area contributed by atoms with Gasteiger partial charge in [0.1, 0.15) is 23.9 Å². The molecule has 3 rings (SSSR count). The number of rotatable bonds is 3. The molecule has 1 aliphatic rings. The smallest absolute Gasteiger partial charge is 0.406 e. The number of alkyl halides is 3. The van der Waals surface area contributed by atoms with E-state index >= 15 is 0 Å². The molecule has 0 radical (unpaired) electrons. The van der Waals surface area contributed by atoms with E-state index in [2.05, 4.69) is 21.1 Å². The quantitative estimate of drug-likeness (QED) is 0.850. The fourth-order valence-electron chi connectivity index (χ4n) is 3.07. The molecule has 2 amide bonds. The third-order valence-corrected chi connectivity index (χ3v) is 4.39. The van der Waals surface area contributed by atoms with Gasteiger partial charge in [0.05, 0.1) is 19.3 Å². The first-order valence-electron chi connectivity index (χ1n) is 8.93. The molecule has 0 bridgehead atoms. The number of carbonyl (C=O) groups excluding carboxylic acids is 1. The van der Waals surface area contributed by atoms with Gasteiger partial charge in [-0.05, 0) is 36.4 Å². The first-order valence-corrected chi connectivity index (χ1v) is 8.93. The van der Waals surface area contributed by atoms with Gasteiger partial charge in [0.15, 0.2) is 0 Å². The fourth-order valence-corrected chi connectivity index (χ4v) is 3.07. The van der Waals surface area contributed by atoms with Crippen LogP contribution in [0.25, 0.3) is 0 Å². The van der Waals surface area contributed by atoms with Crippen LogP contribution in [0.3, 0.4) is 0 Å². The average molecular weight is 406 g/mol. The molecule has 152 valence electrons. The van der Waals surface area contributed by atoms with Crippen molar-refractivity contribution in [1.82, 2.24) is 4.90 Å². The lowest BCUT2D eigenvalue weighted by molar-refractivity contribution is -0.364. The Bertz CT molecular complexity index is 896. The van der Waals surface area contributed by atoms with E-state index in [9.17, 15) is 23.2 Å². The molecule has 10 heteroatoms. The molecule has 2 heterocycles. The van der Waals surface area contributed by atoms with Gasteiger partial charge in [-0.1, -0.05) is 0 Å². The van der Waals surface area contributed by atoms with Crippen molar-refractivity contribution in [3.8, 4) is 11.8 Å². The van der Waals surface area contributed by atoms with E-state index in [1.165, 1.54) is 12.1 Å². The number of carbonyl (C=O) groups is 1. The maximum Gasteiger partial charge on any atom is 0.573 e. The van der Waals surface area contributed by atoms with Crippen molar-refractivity contribution in [3.63, 3.8) is 0 Å². The normalized spacial score (nSPS) is 14.7. The summed E-state index contributed by atoms with van der Waals surface area (Å²) in [5.41, 5.74) is 0.903. The number of halogens is 3. The van der Waals surface area contributed by atoms with Crippen LogP contribution in [0.5, 0.6) is 5.75 Å². The Kier molecular flexibility index (Phi) is 6.07. The number of anilines is 2. The van der Waals surface area contributed by atoms with Crippen LogP contribution in [0.4, 0.5) is 29.5 Å². The third kappa shape index (κ3) is 5.51. The van der Waals surface area contributed by atoms with Gasteiger partial charge in [-0.25, -0.2) is 9.78 Å². The lowest BCUT2D eigenvalue weighted by Gasteiger charge is -2.20. The monoisotopic (exact) mass is 406 g/mol. The second-order valence-corrected chi connectivity index (χ2v) is 6.37. The molecular formula is C19H19F3N5O2+. The molecule has 1 aromatic heterocycles. The average Bonchev–Trinajstić information content (AvgIpc) is 2.94. The molecular weight excluding hydrogens is 387 g/mol. The Morgan fingerprint density at radius 1 is 1.14 bits per heavy atom. The van der Waals surface area contributed by atoms with Crippen molar-refractivity contribution in [1.29, 1.82) is 5.26 Å². The van der Waals surface area contributed by atoms with Crippen LogP contribution < -0.4 is 19.9 Å². The van der Waals surface area contributed by atoms with Gasteiger partial charge >= 0.3 is 12.4 Å². The van der Waals surface area contributed by atoms with Gasteiger partial charge in [0.25, 0.3) is 5.82 Å². The Morgan fingerprint density at radius 2 is 1.90 bits per heavy atom. The summed E-state index contributed by atoms with van der Waals surface area (Å²) in [5.74, 6) is 0.367. The number of amides is 2. The number of aromatic nitrogens is 1. The Hall–Kier alpha value is -3.48. The summed E-state index contributed by atoms with van der Waals surface area (Å²) in [4.78, 5) is 19.3. The van der Waals surface area contributed by atoms with Gasteiger partial charge < -0.3 is 15.0 Å². The SMILES string of the molecule is N#Cc1ccc[nH+]c1N1CCCN(C(=O)Nc2ccc(OC(F)(F)F)cc2)CC1. The number of pyridine rings is 1. The second kappa shape index (κ2) is 8.68. The number of hydrogen-bond donors (Lipinski definition) is 1. The van der Waals surface area contributed by atoms with E-state index in [0.29, 0.717) is 43.9 Å². The molecule has 0 unspecified atom stereocenters. The summed E-state index contributed by atoms with van der Waals surface area (Å²) in [5, 5.41) is 11.9. The van der Waals surface area contributed by atoms with E-state index in [0.717, 1.165) is 18.0 Å². The van der Waals surface area contributed by atoms with Gasteiger partial charge in [0, 0.05) is 18.7 Å². The minimum Gasteiger partial charge on any atom is -0.406 e. The Labute approximate surface area is 165 Å². The minimum atomic E-state index is -4.76. The molecule has 0 atom stereocenters. The van der Waals surface area contributed by atoms with Crippen LogP contribution in [-0.4, -0.2) is 43.5 Å². The molecule has 29 heavy (non-hydrogen) atoms. The van der Waals surface area contributed by atoms with Crippen LogP contribution >= 0.6 is 0 Å². The largest absolute Gasteiger partial charge is 0.573 e. The minimum absolute atomic E-state index is 0.339. The first-order chi connectivity index (χ1) is 13.9. The summed E-state index contributed by atoms with van der Waals surface area (Å²) in [7, 11) is 0. The number of ether oxygens (including phenoxy) is 1. The molecule has 1 aliphatic heterocycles. The zero-order chi connectivity index (χ0) is 20.9. The zero-order valence-corrected chi connectivity index (χ0v) is 15.4. The molecule has 7 nitrogen and oxygen atoms in total. The first kappa shape index (κ1) is 20.3. The molecule has 0 aliphatic carbocycles. The summed E-state index contributed by atoms with van der Waals surface area (Å²) in [6.45, 7) is 2.18. The molecule has 0 saturated carbocycles. The molecule has 2 aromatic rings. The molecule has 0 spiro atoms. The number of nitrogens with zero attached hydrogens (tertiary/aromatic N) is 3.